The fourth-order valence-corrected chi connectivity index (χ4v) is 2.10. The van der Waals surface area contributed by atoms with E-state index in [4.69, 9.17) is 0 Å². The van der Waals surface area contributed by atoms with Crippen LogP contribution in [-0.4, -0.2) is 14.9 Å². The van der Waals surface area contributed by atoms with Crippen molar-refractivity contribution in [2.75, 3.05) is 0 Å². The molecule has 1 rings (SSSR count). The lowest BCUT2D eigenvalue weighted by molar-refractivity contribution is 0.413. The Morgan fingerprint density at radius 1 is 1.12 bits per heavy atom. The first kappa shape index (κ1) is 13.1. The summed E-state index contributed by atoms with van der Waals surface area (Å²) < 4.78 is 1.95. The van der Waals surface area contributed by atoms with Crippen LogP contribution < -0.4 is 0 Å². The molecule has 16 heavy (non-hydrogen) atoms. The maximum absolute atomic E-state index is 10.0. The third-order valence-electron chi connectivity index (χ3n) is 2.72. The van der Waals surface area contributed by atoms with Gasteiger partial charge in [-0.3, -0.25) is 4.68 Å². The van der Waals surface area contributed by atoms with E-state index >= 15 is 0 Å². The smallest absolute Gasteiger partial charge is 0.234 e. The standard InChI is InChI=1S/C13H24N2O/c1-8(2)11-10(13(5,6)7)12(16)14-15(11)9(3)4/h8-9H,1-7H3,(H,14,16). The number of aromatic hydroxyl groups is 1. The van der Waals surface area contributed by atoms with E-state index in [9.17, 15) is 5.11 Å². The Balaban J connectivity index is 3.48. The summed E-state index contributed by atoms with van der Waals surface area (Å²) in [5, 5.41) is 14.3. The van der Waals surface area contributed by atoms with E-state index in [0.29, 0.717) is 5.92 Å². The minimum Gasteiger partial charge on any atom is -0.492 e. The first-order valence-corrected chi connectivity index (χ1v) is 5.98. The number of rotatable bonds is 2. The van der Waals surface area contributed by atoms with Crippen molar-refractivity contribution in [3.05, 3.63) is 11.3 Å². The van der Waals surface area contributed by atoms with Crippen molar-refractivity contribution in [1.29, 1.82) is 0 Å². The van der Waals surface area contributed by atoms with Crippen molar-refractivity contribution in [1.82, 2.24) is 9.78 Å². The Morgan fingerprint density at radius 2 is 1.62 bits per heavy atom. The van der Waals surface area contributed by atoms with Gasteiger partial charge in [-0.05, 0) is 25.2 Å². The van der Waals surface area contributed by atoms with Crippen LogP contribution in [0.25, 0.3) is 0 Å². The SMILES string of the molecule is CC(C)c1c(C(C)(C)C)c(O)nn1C(C)C. The van der Waals surface area contributed by atoms with Gasteiger partial charge in [0.2, 0.25) is 5.88 Å². The zero-order chi connectivity index (χ0) is 12.7. The van der Waals surface area contributed by atoms with Crippen LogP contribution in [0.2, 0.25) is 0 Å². The summed E-state index contributed by atoms with van der Waals surface area (Å²) >= 11 is 0. The monoisotopic (exact) mass is 224 g/mol. The van der Waals surface area contributed by atoms with Crippen molar-refractivity contribution < 1.29 is 5.11 Å². The first-order chi connectivity index (χ1) is 7.16. The van der Waals surface area contributed by atoms with Gasteiger partial charge in [0.05, 0.1) is 0 Å². The van der Waals surface area contributed by atoms with Gasteiger partial charge in [0, 0.05) is 17.3 Å². The highest BCUT2D eigenvalue weighted by Gasteiger charge is 2.29. The molecule has 0 aromatic carbocycles. The van der Waals surface area contributed by atoms with Crippen molar-refractivity contribution in [3.8, 4) is 5.88 Å². The molecule has 3 heteroatoms. The molecule has 3 nitrogen and oxygen atoms in total. The first-order valence-electron chi connectivity index (χ1n) is 5.98. The highest BCUT2D eigenvalue weighted by atomic mass is 16.3. The minimum absolute atomic E-state index is 0.0726. The predicted molar refractivity (Wildman–Crippen MR) is 67.1 cm³/mol. The lowest BCUT2D eigenvalue weighted by Gasteiger charge is -2.22. The van der Waals surface area contributed by atoms with Crippen LogP contribution in [0, 0.1) is 0 Å². The molecule has 1 N–H and O–H groups in total. The molecule has 0 unspecified atom stereocenters. The Kier molecular flexibility index (Phi) is 3.36. The minimum atomic E-state index is -0.0726. The number of hydrogen-bond donors (Lipinski definition) is 1. The molecule has 0 bridgehead atoms. The molecule has 0 aliphatic rings. The average Bonchev–Trinajstić information content (AvgIpc) is 2.41. The Morgan fingerprint density at radius 3 is 1.94 bits per heavy atom. The zero-order valence-electron chi connectivity index (χ0n) is 11.5. The molecule has 0 spiro atoms. The van der Waals surface area contributed by atoms with E-state index in [2.05, 4.69) is 53.6 Å². The van der Waals surface area contributed by atoms with Crippen molar-refractivity contribution in [2.45, 2.75) is 65.8 Å². The summed E-state index contributed by atoms with van der Waals surface area (Å²) in [6.45, 7) is 14.8. The molecular weight excluding hydrogens is 200 g/mol. The molecule has 0 amide bonds. The summed E-state index contributed by atoms with van der Waals surface area (Å²) in [6, 6.07) is 0.277. The summed E-state index contributed by atoms with van der Waals surface area (Å²) in [5.74, 6) is 0.551. The van der Waals surface area contributed by atoms with E-state index in [1.807, 2.05) is 4.68 Å². The molecule has 0 atom stereocenters. The van der Waals surface area contributed by atoms with Crippen molar-refractivity contribution in [3.63, 3.8) is 0 Å². The quantitative estimate of drug-likeness (QED) is 0.833. The largest absolute Gasteiger partial charge is 0.492 e. The van der Waals surface area contributed by atoms with E-state index < -0.39 is 0 Å². The molecule has 1 aromatic rings. The van der Waals surface area contributed by atoms with Gasteiger partial charge in [-0.1, -0.05) is 34.6 Å². The summed E-state index contributed by atoms with van der Waals surface area (Å²) in [7, 11) is 0. The summed E-state index contributed by atoms with van der Waals surface area (Å²) in [6.07, 6.45) is 0. The molecule has 0 radical (unpaired) electrons. The lowest BCUT2D eigenvalue weighted by Crippen LogP contribution is -2.17. The van der Waals surface area contributed by atoms with Crippen molar-refractivity contribution in [2.24, 2.45) is 0 Å². The van der Waals surface area contributed by atoms with Gasteiger partial charge in [0.25, 0.3) is 0 Å². The molecule has 92 valence electrons. The molecule has 0 aliphatic heterocycles. The Labute approximate surface area is 98.5 Å². The summed E-state index contributed by atoms with van der Waals surface area (Å²) in [5.41, 5.74) is 2.06. The predicted octanol–water partition coefficient (Wildman–Crippen LogP) is 3.59. The van der Waals surface area contributed by atoms with Gasteiger partial charge in [-0.2, -0.15) is 0 Å². The van der Waals surface area contributed by atoms with Gasteiger partial charge in [0.1, 0.15) is 0 Å². The maximum atomic E-state index is 10.0. The highest BCUT2D eigenvalue weighted by molar-refractivity contribution is 5.38. The van der Waals surface area contributed by atoms with E-state index in [-0.39, 0.29) is 17.3 Å². The third kappa shape index (κ3) is 2.23. The van der Waals surface area contributed by atoms with Crippen LogP contribution >= 0.6 is 0 Å². The van der Waals surface area contributed by atoms with Crippen LogP contribution in [0.4, 0.5) is 0 Å². The number of hydrogen-bond acceptors (Lipinski definition) is 2. The molecular formula is C13H24N2O. The van der Waals surface area contributed by atoms with Gasteiger partial charge >= 0.3 is 0 Å². The second-order valence-corrected chi connectivity index (χ2v) is 6.03. The highest BCUT2D eigenvalue weighted by Crippen LogP contribution is 2.37. The fourth-order valence-electron chi connectivity index (χ4n) is 2.10. The average molecular weight is 224 g/mol. The third-order valence-corrected chi connectivity index (χ3v) is 2.72. The molecule has 1 heterocycles. The molecule has 0 saturated heterocycles. The Bertz CT molecular complexity index is 370. The van der Waals surface area contributed by atoms with Crippen LogP contribution in [-0.2, 0) is 5.41 Å². The number of nitrogens with zero attached hydrogens (tertiary/aromatic N) is 2. The van der Waals surface area contributed by atoms with Gasteiger partial charge in [-0.25, -0.2) is 0 Å². The van der Waals surface area contributed by atoms with E-state index in [1.165, 1.54) is 0 Å². The van der Waals surface area contributed by atoms with Crippen molar-refractivity contribution >= 4 is 0 Å². The van der Waals surface area contributed by atoms with Gasteiger partial charge < -0.3 is 5.11 Å². The maximum Gasteiger partial charge on any atom is 0.234 e. The molecule has 0 saturated carbocycles. The van der Waals surface area contributed by atoms with E-state index in [1.54, 1.807) is 0 Å². The van der Waals surface area contributed by atoms with Crippen LogP contribution in [0.5, 0.6) is 5.88 Å². The lowest BCUT2D eigenvalue weighted by atomic mass is 9.84. The molecule has 1 aromatic heterocycles. The van der Waals surface area contributed by atoms with Gasteiger partial charge in [0.15, 0.2) is 0 Å². The molecule has 0 aliphatic carbocycles. The van der Waals surface area contributed by atoms with Crippen LogP contribution in [0.3, 0.4) is 0 Å². The molecule has 0 fully saturated rings. The van der Waals surface area contributed by atoms with Crippen LogP contribution in [0.15, 0.2) is 0 Å². The van der Waals surface area contributed by atoms with Crippen LogP contribution in [0.1, 0.15) is 71.7 Å². The fraction of sp³-hybridized carbons (Fsp3) is 0.769. The normalized spacial score (nSPS) is 12.8. The zero-order valence-corrected chi connectivity index (χ0v) is 11.5. The second-order valence-electron chi connectivity index (χ2n) is 6.03. The van der Waals surface area contributed by atoms with E-state index in [0.717, 1.165) is 11.3 Å². The second kappa shape index (κ2) is 4.11. The Hall–Kier alpha value is -0.990. The topological polar surface area (TPSA) is 38.1 Å². The number of aromatic nitrogens is 2. The van der Waals surface area contributed by atoms with Gasteiger partial charge in [-0.15, -0.1) is 5.10 Å². The summed E-state index contributed by atoms with van der Waals surface area (Å²) in [4.78, 5) is 0.